The Morgan fingerprint density at radius 2 is 2.14 bits per heavy atom. The number of hydrogen-bond acceptors (Lipinski definition) is 5. The van der Waals surface area contributed by atoms with Gasteiger partial charge in [0.15, 0.2) is 0 Å². The van der Waals surface area contributed by atoms with E-state index in [0.29, 0.717) is 24.1 Å². The van der Waals surface area contributed by atoms with Crippen molar-refractivity contribution in [2.75, 3.05) is 32.1 Å². The van der Waals surface area contributed by atoms with E-state index >= 15 is 0 Å². The molecule has 0 aliphatic rings. The zero-order chi connectivity index (χ0) is 15.3. The highest BCUT2D eigenvalue weighted by Crippen LogP contribution is 2.24. The molecule has 5 N–H and O–H groups in total. The van der Waals surface area contributed by atoms with Gasteiger partial charge >= 0.3 is 0 Å². The van der Waals surface area contributed by atoms with Gasteiger partial charge in [0, 0.05) is 35.9 Å². The lowest BCUT2D eigenvalue weighted by molar-refractivity contribution is 0.0913. The van der Waals surface area contributed by atoms with Crippen LogP contribution in [0.25, 0.3) is 10.9 Å². The molecule has 0 amide bonds. The molecule has 0 radical (unpaired) electrons. The van der Waals surface area contributed by atoms with Gasteiger partial charge in [0.05, 0.1) is 13.2 Å². The van der Waals surface area contributed by atoms with Gasteiger partial charge in [-0.3, -0.25) is 0 Å². The van der Waals surface area contributed by atoms with Gasteiger partial charge in [-0.05, 0) is 24.6 Å². The number of H-pyrrole nitrogens is 1. The molecule has 0 fully saturated rings. The lowest BCUT2D eigenvalue weighted by Gasteiger charge is -2.06. The molecular weight excluding hydrogens is 294 g/mol. The van der Waals surface area contributed by atoms with Crippen molar-refractivity contribution in [2.45, 2.75) is 11.3 Å². The third-order valence-electron chi connectivity index (χ3n) is 2.95. The number of rotatable bonds is 8. The number of aliphatic hydroxyl groups excluding tert-OH is 1. The molecule has 21 heavy (non-hydrogen) atoms. The third-order valence-corrected chi connectivity index (χ3v) is 4.45. The van der Waals surface area contributed by atoms with Crippen molar-refractivity contribution in [3.05, 3.63) is 24.4 Å². The standard InChI is InChI=1S/C13H19N3O4S/c14-10-2-3-12-11(8-10)13(9-15-12)21(18,19)16-4-1-6-20-7-5-17/h2-3,8-9,15-17H,1,4-7,14H2. The maximum absolute atomic E-state index is 12.3. The highest BCUT2D eigenvalue weighted by molar-refractivity contribution is 7.89. The van der Waals surface area contributed by atoms with Crippen molar-refractivity contribution >= 4 is 26.6 Å². The molecule has 1 aromatic heterocycles. The minimum Gasteiger partial charge on any atom is -0.399 e. The predicted octanol–water partition coefficient (Wildman–Crippen LogP) is 0.427. The zero-order valence-corrected chi connectivity index (χ0v) is 12.3. The molecule has 0 saturated carbocycles. The highest BCUT2D eigenvalue weighted by atomic mass is 32.2. The fraction of sp³-hybridized carbons (Fsp3) is 0.385. The van der Waals surface area contributed by atoms with Crippen LogP contribution in [-0.4, -0.2) is 44.9 Å². The van der Waals surface area contributed by atoms with Crippen LogP contribution in [-0.2, 0) is 14.8 Å². The number of fused-ring (bicyclic) bond motifs is 1. The van der Waals surface area contributed by atoms with E-state index in [9.17, 15) is 8.42 Å². The van der Waals surface area contributed by atoms with E-state index in [0.717, 1.165) is 5.52 Å². The first-order valence-electron chi connectivity index (χ1n) is 6.59. The summed E-state index contributed by atoms with van der Waals surface area (Å²) < 4.78 is 32.1. The number of aromatic nitrogens is 1. The second-order valence-corrected chi connectivity index (χ2v) is 6.28. The summed E-state index contributed by atoms with van der Waals surface area (Å²) in [5, 5.41) is 9.12. The van der Waals surface area contributed by atoms with Gasteiger partial charge in [0.25, 0.3) is 0 Å². The van der Waals surface area contributed by atoms with E-state index in [1.54, 1.807) is 18.2 Å². The Hall–Kier alpha value is -1.61. The molecule has 0 bridgehead atoms. The molecule has 2 rings (SSSR count). The summed E-state index contributed by atoms with van der Waals surface area (Å²) in [6.07, 6.45) is 1.98. The van der Waals surface area contributed by atoms with Crippen LogP contribution < -0.4 is 10.5 Å². The van der Waals surface area contributed by atoms with Gasteiger partial charge in [-0.2, -0.15) is 0 Å². The minimum atomic E-state index is -3.59. The summed E-state index contributed by atoms with van der Waals surface area (Å²) in [5.41, 5.74) is 6.93. The lowest BCUT2D eigenvalue weighted by atomic mass is 10.2. The molecule has 0 saturated heterocycles. The number of anilines is 1. The Labute approximate surface area is 123 Å². The van der Waals surface area contributed by atoms with Crippen LogP contribution >= 0.6 is 0 Å². The average Bonchev–Trinajstić information content (AvgIpc) is 2.86. The summed E-state index contributed by atoms with van der Waals surface area (Å²) in [6, 6.07) is 5.08. The van der Waals surface area contributed by atoms with Crippen LogP contribution in [0.15, 0.2) is 29.3 Å². The highest BCUT2D eigenvalue weighted by Gasteiger charge is 2.18. The Balaban J connectivity index is 2.03. The van der Waals surface area contributed by atoms with Crippen molar-refractivity contribution in [1.82, 2.24) is 9.71 Å². The van der Waals surface area contributed by atoms with Gasteiger partial charge in [0.2, 0.25) is 10.0 Å². The Morgan fingerprint density at radius 3 is 2.90 bits per heavy atom. The topological polar surface area (TPSA) is 117 Å². The number of aliphatic hydroxyl groups is 1. The van der Waals surface area contributed by atoms with Gasteiger partial charge in [-0.25, -0.2) is 13.1 Å². The Kier molecular flexibility index (Phi) is 5.18. The molecule has 1 heterocycles. The van der Waals surface area contributed by atoms with Crippen LogP contribution in [0.2, 0.25) is 0 Å². The first kappa shape index (κ1) is 15.8. The molecular formula is C13H19N3O4S. The number of ether oxygens (including phenoxy) is 1. The number of nitrogens with one attached hydrogen (secondary N) is 2. The number of sulfonamides is 1. The van der Waals surface area contributed by atoms with Gasteiger partial charge < -0.3 is 20.6 Å². The Bertz CT molecular complexity index is 697. The molecule has 2 aromatic rings. The summed E-state index contributed by atoms with van der Waals surface area (Å²) in [5.74, 6) is 0. The molecule has 0 unspecified atom stereocenters. The van der Waals surface area contributed by atoms with Gasteiger partial charge in [0.1, 0.15) is 4.90 Å². The monoisotopic (exact) mass is 313 g/mol. The van der Waals surface area contributed by atoms with E-state index in [1.165, 1.54) is 6.20 Å². The van der Waals surface area contributed by atoms with Crippen molar-refractivity contribution in [3.63, 3.8) is 0 Å². The summed E-state index contributed by atoms with van der Waals surface area (Å²) in [6.45, 7) is 0.879. The number of nitrogen functional groups attached to an aromatic ring is 1. The Morgan fingerprint density at radius 1 is 1.33 bits per heavy atom. The lowest BCUT2D eigenvalue weighted by Crippen LogP contribution is -2.25. The normalized spacial score (nSPS) is 12.0. The molecule has 0 aliphatic carbocycles. The second-order valence-electron chi connectivity index (χ2n) is 4.55. The number of hydrogen-bond donors (Lipinski definition) is 4. The summed E-state index contributed by atoms with van der Waals surface area (Å²) in [7, 11) is -3.59. The van der Waals surface area contributed by atoms with Crippen LogP contribution in [0.3, 0.4) is 0 Å². The van der Waals surface area contributed by atoms with Crippen molar-refractivity contribution in [3.8, 4) is 0 Å². The first-order chi connectivity index (χ1) is 10.0. The average molecular weight is 313 g/mol. The maximum Gasteiger partial charge on any atom is 0.242 e. The second kappa shape index (κ2) is 6.90. The van der Waals surface area contributed by atoms with Crippen LogP contribution in [0, 0.1) is 0 Å². The molecule has 8 heteroatoms. The van der Waals surface area contributed by atoms with Crippen LogP contribution in [0.4, 0.5) is 5.69 Å². The first-order valence-corrected chi connectivity index (χ1v) is 8.08. The molecule has 0 aliphatic heterocycles. The minimum absolute atomic E-state index is 0.0392. The van der Waals surface area contributed by atoms with Crippen molar-refractivity contribution in [2.24, 2.45) is 0 Å². The van der Waals surface area contributed by atoms with E-state index in [1.807, 2.05) is 0 Å². The van der Waals surface area contributed by atoms with Crippen LogP contribution in [0.5, 0.6) is 0 Å². The SMILES string of the molecule is Nc1ccc2[nH]cc(S(=O)(=O)NCCCOCCO)c2c1. The van der Waals surface area contributed by atoms with E-state index < -0.39 is 10.0 Å². The number of benzene rings is 1. The fourth-order valence-corrected chi connectivity index (χ4v) is 3.20. The summed E-state index contributed by atoms with van der Waals surface area (Å²) in [4.78, 5) is 3.09. The smallest absolute Gasteiger partial charge is 0.242 e. The fourth-order valence-electron chi connectivity index (χ4n) is 1.96. The summed E-state index contributed by atoms with van der Waals surface area (Å²) >= 11 is 0. The molecule has 7 nitrogen and oxygen atoms in total. The molecule has 0 spiro atoms. The van der Waals surface area contributed by atoms with Crippen LogP contribution in [0.1, 0.15) is 6.42 Å². The van der Waals surface area contributed by atoms with E-state index in [2.05, 4.69) is 9.71 Å². The van der Waals surface area contributed by atoms with Crippen molar-refractivity contribution in [1.29, 1.82) is 0 Å². The maximum atomic E-state index is 12.3. The van der Waals surface area contributed by atoms with Gasteiger partial charge in [-0.15, -0.1) is 0 Å². The molecule has 116 valence electrons. The van der Waals surface area contributed by atoms with Crippen molar-refractivity contribution < 1.29 is 18.3 Å². The molecule has 0 atom stereocenters. The number of aromatic amines is 1. The zero-order valence-electron chi connectivity index (χ0n) is 11.5. The van der Waals surface area contributed by atoms with E-state index in [-0.39, 0.29) is 24.7 Å². The molecule has 1 aromatic carbocycles. The van der Waals surface area contributed by atoms with Gasteiger partial charge in [-0.1, -0.05) is 0 Å². The third kappa shape index (κ3) is 3.94. The largest absolute Gasteiger partial charge is 0.399 e. The predicted molar refractivity (Wildman–Crippen MR) is 80.4 cm³/mol. The quantitative estimate of drug-likeness (QED) is 0.416. The van der Waals surface area contributed by atoms with E-state index in [4.69, 9.17) is 15.6 Å². The number of nitrogens with two attached hydrogens (primary N) is 1.